The highest BCUT2D eigenvalue weighted by molar-refractivity contribution is 5.86. The summed E-state index contributed by atoms with van der Waals surface area (Å²) in [7, 11) is 0. The number of H-pyrrole nitrogens is 1. The molecule has 3 heterocycles. The normalized spacial score (nSPS) is 13.1. The van der Waals surface area contributed by atoms with Crippen LogP contribution in [0.4, 0.5) is 0 Å². The molecule has 0 unspecified atom stereocenters. The van der Waals surface area contributed by atoms with Gasteiger partial charge in [0.2, 0.25) is 0 Å². The van der Waals surface area contributed by atoms with Crippen molar-refractivity contribution in [2.45, 2.75) is 6.54 Å². The van der Waals surface area contributed by atoms with Crippen LogP contribution >= 0.6 is 0 Å². The van der Waals surface area contributed by atoms with Gasteiger partial charge in [-0.25, -0.2) is 5.10 Å². The molecule has 0 radical (unpaired) electrons. The molecule has 1 aliphatic heterocycles. The SMILES string of the molecule is O=c1[nH]nc(-c2ccco2)c2c1C=NC2. The summed E-state index contributed by atoms with van der Waals surface area (Å²) in [6.07, 6.45) is 3.15. The molecule has 15 heavy (non-hydrogen) atoms. The first-order valence-corrected chi connectivity index (χ1v) is 4.51. The van der Waals surface area contributed by atoms with E-state index in [1.54, 1.807) is 24.6 Å². The minimum atomic E-state index is -0.207. The van der Waals surface area contributed by atoms with E-state index in [9.17, 15) is 4.79 Å². The maximum Gasteiger partial charge on any atom is 0.273 e. The van der Waals surface area contributed by atoms with Crippen LogP contribution in [0.5, 0.6) is 0 Å². The lowest BCUT2D eigenvalue weighted by Gasteiger charge is -2.01. The maximum atomic E-state index is 11.4. The van der Waals surface area contributed by atoms with Crippen LogP contribution in [0.1, 0.15) is 11.1 Å². The second-order valence-corrected chi connectivity index (χ2v) is 3.24. The fourth-order valence-corrected chi connectivity index (χ4v) is 1.64. The Kier molecular flexibility index (Phi) is 1.58. The highest BCUT2D eigenvalue weighted by Gasteiger charge is 2.18. The van der Waals surface area contributed by atoms with Crippen molar-refractivity contribution in [3.05, 3.63) is 39.9 Å². The van der Waals surface area contributed by atoms with Gasteiger partial charge in [0.15, 0.2) is 5.76 Å². The van der Waals surface area contributed by atoms with Crippen molar-refractivity contribution in [2.24, 2.45) is 4.99 Å². The molecule has 1 aliphatic rings. The number of rotatable bonds is 1. The lowest BCUT2D eigenvalue weighted by molar-refractivity contribution is 0.577. The predicted octanol–water partition coefficient (Wildman–Crippen LogP) is 0.962. The Morgan fingerprint density at radius 3 is 3.20 bits per heavy atom. The summed E-state index contributed by atoms with van der Waals surface area (Å²) in [6, 6.07) is 3.59. The van der Waals surface area contributed by atoms with Gasteiger partial charge in [-0.05, 0) is 12.1 Å². The molecule has 0 aliphatic carbocycles. The van der Waals surface area contributed by atoms with Gasteiger partial charge in [0.1, 0.15) is 5.69 Å². The van der Waals surface area contributed by atoms with Gasteiger partial charge in [0.25, 0.3) is 5.56 Å². The van der Waals surface area contributed by atoms with Crippen LogP contribution < -0.4 is 5.56 Å². The van der Waals surface area contributed by atoms with Crippen LogP contribution in [0.15, 0.2) is 32.6 Å². The van der Waals surface area contributed by atoms with E-state index in [0.717, 1.165) is 5.56 Å². The van der Waals surface area contributed by atoms with Crippen molar-refractivity contribution in [2.75, 3.05) is 0 Å². The highest BCUT2D eigenvalue weighted by Crippen LogP contribution is 2.24. The molecule has 1 N–H and O–H groups in total. The van der Waals surface area contributed by atoms with Crippen LogP contribution in [-0.2, 0) is 6.54 Å². The summed E-state index contributed by atoms with van der Waals surface area (Å²) in [5.74, 6) is 0.646. The first-order chi connectivity index (χ1) is 7.36. The molecule has 2 aromatic rings. The highest BCUT2D eigenvalue weighted by atomic mass is 16.3. The van der Waals surface area contributed by atoms with E-state index in [-0.39, 0.29) is 5.56 Å². The zero-order valence-electron chi connectivity index (χ0n) is 7.73. The average Bonchev–Trinajstić information content (AvgIpc) is 2.88. The molecule has 5 heteroatoms. The summed E-state index contributed by atoms with van der Waals surface area (Å²) in [5.41, 5.74) is 1.86. The number of aliphatic imine (C=N–C) groups is 1. The smallest absolute Gasteiger partial charge is 0.273 e. The number of hydrogen-bond donors (Lipinski definition) is 1. The molecule has 0 fully saturated rings. The van der Waals surface area contributed by atoms with E-state index in [0.29, 0.717) is 23.6 Å². The minimum absolute atomic E-state index is 0.207. The number of nitrogens with zero attached hydrogens (tertiary/aromatic N) is 2. The molecule has 0 bridgehead atoms. The largest absolute Gasteiger partial charge is 0.463 e. The average molecular weight is 201 g/mol. The van der Waals surface area contributed by atoms with Gasteiger partial charge in [0.05, 0.1) is 18.4 Å². The van der Waals surface area contributed by atoms with Gasteiger partial charge in [-0.2, -0.15) is 5.10 Å². The van der Waals surface area contributed by atoms with Crippen molar-refractivity contribution >= 4 is 6.21 Å². The monoisotopic (exact) mass is 201 g/mol. The van der Waals surface area contributed by atoms with Crippen LogP contribution in [0.2, 0.25) is 0 Å². The summed E-state index contributed by atoms with van der Waals surface area (Å²) in [5, 5.41) is 6.41. The number of aromatic nitrogens is 2. The Hall–Kier alpha value is -2.17. The first kappa shape index (κ1) is 8.16. The number of aromatic amines is 1. The van der Waals surface area contributed by atoms with Crippen LogP contribution in [0, 0.1) is 0 Å². The Bertz CT molecular complexity index is 581. The third-order valence-corrected chi connectivity index (χ3v) is 2.35. The van der Waals surface area contributed by atoms with Crippen LogP contribution in [0.25, 0.3) is 11.5 Å². The third kappa shape index (κ3) is 1.13. The maximum absolute atomic E-state index is 11.4. The summed E-state index contributed by atoms with van der Waals surface area (Å²) in [4.78, 5) is 15.4. The van der Waals surface area contributed by atoms with Gasteiger partial charge < -0.3 is 4.42 Å². The summed E-state index contributed by atoms with van der Waals surface area (Å²) in [6.45, 7) is 0.488. The number of furan rings is 1. The lowest BCUT2D eigenvalue weighted by Crippen LogP contribution is -2.15. The van der Waals surface area contributed by atoms with Gasteiger partial charge in [0, 0.05) is 11.8 Å². The summed E-state index contributed by atoms with van der Waals surface area (Å²) < 4.78 is 5.24. The van der Waals surface area contributed by atoms with Crippen LogP contribution in [-0.4, -0.2) is 16.4 Å². The molecule has 0 atom stereocenters. The fourth-order valence-electron chi connectivity index (χ4n) is 1.64. The van der Waals surface area contributed by atoms with Crippen molar-refractivity contribution in [3.8, 4) is 11.5 Å². The number of nitrogens with one attached hydrogen (secondary N) is 1. The zero-order valence-corrected chi connectivity index (χ0v) is 7.73. The van der Waals surface area contributed by atoms with E-state index in [4.69, 9.17) is 4.42 Å². The van der Waals surface area contributed by atoms with Crippen molar-refractivity contribution in [1.82, 2.24) is 10.2 Å². The van der Waals surface area contributed by atoms with E-state index in [1.165, 1.54) is 0 Å². The van der Waals surface area contributed by atoms with E-state index >= 15 is 0 Å². The molecule has 0 saturated heterocycles. The molecule has 2 aromatic heterocycles. The summed E-state index contributed by atoms with van der Waals surface area (Å²) >= 11 is 0. The lowest BCUT2D eigenvalue weighted by atomic mass is 10.1. The first-order valence-electron chi connectivity index (χ1n) is 4.51. The third-order valence-electron chi connectivity index (χ3n) is 2.35. The molecular weight excluding hydrogens is 194 g/mol. The molecule has 0 amide bonds. The van der Waals surface area contributed by atoms with Crippen molar-refractivity contribution in [3.63, 3.8) is 0 Å². The van der Waals surface area contributed by atoms with Gasteiger partial charge in [-0.1, -0.05) is 0 Å². The zero-order chi connectivity index (χ0) is 10.3. The molecule has 74 valence electrons. The van der Waals surface area contributed by atoms with E-state index in [1.807, 2.05) is 0 Å². The second-order valence-electron chi connectivity index (χ2n) is 3.24. The topological polar surface area (TPSA) is 71.2 Å². The Balaban J connectivity index is 2.29. The minimum Gasteiger partial charge on any atom is -0.463 e. The molecule has 0 aromatic carbocycles. The Morgan fingerprint density at radius 1 is 1.47 bits per heavy atom. The molecule has 0 spiro atoms. The number of fused-ring (bicyclic) bond motifs is 1. The standard InChI is InChI=1S/C10H7N3O2/c14-10-7-5-11-4-6(7)9(12-13-10)8-2-1-3-15-8/h1-3,5H,4H2,(H,13,14). The van der Waals surface area contributed by atoms with Gasteiger partial charge in [-0.15, -0.1) is 0 Å². The fraction of sp³-hybridized carbons (Fsp3) is 0.100. The number of hydrogen-bond acceptors (Lipinski definition) is 4. The van der Waals surface area contributed by atoms with Gasteiger partial charge in [-0.3, -0.25) is 9.79 Å². The Labute approximate surface area is 84.5 Å². The quantitative estimate of drug-likeness (QED) is 0.747. The van der Waals surface area contributed by atoms with E-state index < -0.39 is 0 Å². The molecule has 0 saturated carbocycles. The van der Waals surface area contributed by atoms with Gasteiger partial charge >= 0.3 is 0 Å². The molecule has 3 rings (SSSR count). The predicted molar refractivity (Wildman–Crippen MR) is 53.9 cm³/mol. The van der Waals surface area contributed by atoms with Crippen molar-refractivity contribution in [1.29, 1.82) is 0 Å². The Morgan fingerprint density at radius 2 is 2.40 bits per heavy atom. The molecular formula is C10H7N3O2. The van der Waals surface area contributed by atoms with E-state index in [2.05, 4.69) is 15.2 Å². The second kappa shape index (κ2) is 2.91. The van der Waals surface area contributed by atoms with Crippen molar-refractivity contribution < 1.29 is 4.42 Å². The molecule has 5 nitrogen and oxygen atoms in total. The van der Waals surface area contributed by atoms with Crippen LogP contribution in [0.3, 0.4) is 0 Å².